The number of aromatic amines is 1. The fraction of sp³-hybridized carbons (Fsp3) is 0.100. The largest absolute Gasteiger partial charge is 0.493 e. The van der Waals surface area contributed by atoms with Gasteiger partial charge in [0.15, 0.2) is 17.1 Å². The monoisotopic (exact) mass is 523 g/mol. The maximum atomic E-state index is 14.0. The summed E-state index contributed by atoms with van der Waals surface area (Å²) in [7, 11) is -2.35. The number of fused-ring (bicyclic) bond motifs is 2. The van der Waals surface area contributed by atoms with Crippen molar-refractivity contribution in [1.29, 1.82) is 0 Å². The van der Waals surface area contributed by atoms with Gasteiger partial charge in [-0.15, -0.1) is 0 Å². The molecule has 3 aromatic heterocycles. The van der Waals surface area contributed by atoms with Crippen molar-refractivity contribution in [2.75, 3.05) is 7.11 Å². The van der Waals surface area contributed by atoms with E-state index in [9.17, 15) is 8.42 Å². The first-order chi connectivity index (χ1) is 18.5. The summed E-state index contributed by atoms with van der Waals surface area (Å²) in [6, 6.07) is 26.0. The molecule has 0 amide bonds. The highest BCUT2D eigenvalue weighted by atomic mass is 32.2. The molecule has 3 heterocycles. The Kier molecular flexibility index (Phi) is 5.88. The van der Waals surface area contributed by atoms with E-state index in [0.29, 0.717) is 35.0 Å². The molecule has 0 aliphatic heterocycles. The second-order valence-corrected chi connectivity index (χ2v) is 10.8. The standard InChI is InChI=1S/C30H25N3O4S/c1-20-10-12-23(13-11-20)38(34,35)33-27(15-22-9-6-14-31-30(22)33)25-18-32-26-17-28(36-2)29(16-24(25)26)37-19-21-7-4-3-5-8-21/h3-18,32H,19H2,1-2H3. The Hall–Kier alpha value is -4.56. The summed E-state index contributed by atoms with van der Waals surface area (Å²) >= 11 is 0. The van der Waals surface area contributed by atoms with Crippen LogP contribution < -0.4 is 9.47 Å². The lowest BCUT2D eigenvalue weighted by Crippen LogP contribution is -2.14. The van der Waals surface area contributed by atoms with Crippen molar-refractivity contribution in [2.45, 2.75) is 18.4 Å². The minimum absolute atomic E-state index is 0.195. The molecule has 8 heteroatoms. The number of aromatic nitrogens is 3. The van der Waals surface area contributed by atoms with Gasteiger partial charge in [-0.2, -0.15) is 0 Å². The summed E-state index contributed by atoms with van der Waals surface area (Å²) in [6.45, 7) is 2.29. The second kappa shape index (κ2) is 9.39. The van der Waals surface area contributed by atoms with Crippen LogP contribution in [-0.2, 0) is 16.6 Å². The Morgan fingerprint density at radius 2 is 1.71 bits per heavy atom. The van der Waals surface area contributed by atoms with E-state index >= 15 is 0 Å². The zero-order valence-electron chi connectivity index (χ0n) is 20.9. The fourth-order valence-corrected chi connectivity index (χ4v) is 6.09. The quantitative estimate of drug-likeness (QED) is 0.265. The number of benzene rings is 3. The van der Waals surface area contributed by atoms with Crippen LogP contribution in [-0.4, -0.2) is 29.5 Å². The number of hydrogen-bond acceptors (Lipinski definition) is 5. The fourth-order valence-electron chi connectivity index (χ4n) is 4.61. The number of nitrogens with one attached hydrogen (secondary N) is 1. The van der Waals surface area contributed by atoms with E-state index in [-0.39, 0.29) is 4.90 Å². The molecule has 0 aliphatic rings. The van der Waals surface area contributed by atoms with Crippen LogP contribution in [0.2, 0.25) is 0 Å². The SMILES string of the molecule is COc1cc2[nH]cc(-c3cc4cccnc4n3S(=O)(=O)c3ccc(C)cc3)c2cc1OCc1ccccc1. The number of hydrogen-bond donors (Lipinski definition) is 1. The molecule has 0 aliphatic carbocycles. The van der Waals surface area contributed by atoms with E-state index in [1.807, 2.05) is 61.5 Å². The van der Waals surface area contributed by atoms with Crippen molar-refractivity contribution in [3.63, 3.8) is 0 Å². The molecule has 0 saturated carbocycles. The summed E-state index contributed by atoms with van der Waals surface area (Å²) in [5.41, 5.74) is 4.38. The number of nitrogens with zero attached hydrogens (tertiary/aromatic N) is 2. The van der Waals surface area contributed by atoms with E-state index in [2.05, 4.69) is 9.97 Å². The van der Waals surface area contributed by atoms with Gasteiger partial charge in [0.2, 0.25) is 0 Å². The third-order valence-electron chi connectivity index (χ3n) is 6.56. The van der Waals surface area contributed by atoms with Crippen LogP contribution in [0.25, 0.3) is 33.2 Å². The lowest BCUT2D eigenvalue weighted by molar-refractivity contribution is 0.285. The number of pyridine rings is 1. The van der Waals surface area contributed by atoms with E-state index < -0.39 is 10.0 Å². The maximum absolute atomic E-state index is 14.0. The lowest BCUT2D eigenvalue weighted by Gasteiger charge is -2.13. The van der Waals surface area contributed by atoms with Crippen LogP contribution in [0.15, 0.2) is 102 Å². The molecule has 190 valence electrons. The van der Waals surface area contributed by atoms with Gasteiger partial charge < -0.3 is 14.5 Å². The molecule has 0 saturated heterocycles. The molecule has 6 rings (SSSR count). The molecule has 0 unspecified atom stereocenters. The van der Waals surface area contributed by atoms with Crippen molar-refractivity contribution < 1.29 is 17.9 Å². The van der Waals surface area contributed by atoms with E-state index in [1.54, 1.807) is 49.8 Å². The molecular formula is C30H25N3O4S. The molecule has 0 atom stereocenters. The first-order valence-corrected chi connectivity index (χ1v) is 13.5. The highest BCUT2D eigenvalue weighted by molar-refractivity contribution is 7.90. The van der Waals surface area contributed by atoms with Gasteiger partial charge in [-0.3, -0.25) is 0 Å². The Labute approximate surface area is 220 Å². The first kappa shape index (κ1) is 23.8. The highest BCUT2D eigenvalue weighted by Crippen LogP contribution is 2.40. The minimum Gasteiger partial charge on any atom is -0.493 e. The zero-order chi connectivity index (χ0) is 26.3. The molecule has 6 aromatic rings. The summed E-state index contributed by atoms with van der Waals surface area (Å²) in [6.07, 6.45) is 3.41. The molecule has 38 heavy (non-hydrogen) atoms. The molecule has 0 spiro atoms. The van der Waals surface area contributed by atoms with Crippen molar-refractivity contribution >= 4 is 32.0 Å². The molecule has 0 radical (unpaired) electrons. The van der Waals surface area contributed by atoms with Crippen molar-refractivity contribution in [1.82, 2.24) is 13.9 Å². The molecular weight excluding hydrogens is 498 g/mol. The van der Waals surface area contributed by atoms with Crippen LogP contribution in [0.3, 0.4) is 0 Å². The highest BCUT2D eigenvalue weighted by Gasteiger charge is 2.26. The molecule has 1 N–H and O–H groups in total. The van der Waals surface area contributed by atoms with Crippen molar-refractivity contribution in [3.8, 4) is 22.8 Å². The molecule has 3 aromatic carbocycles. The average molecular weight is 524 g/mol. The first-order valence-electron chi connectivity index (χ1n) is 12.1. The lowest BCUT2D eigenvalue weighted by atomic mass is 10.1. The predicted octanol–water partition coefficient (Wildman–Crippen LogP) is 6.32. The maximum Gasteiger partial charge on any atom is 0.269 e. The summed E-state index contributed by atoms with van der Waals surface area (Å²) < 4.78 is 41.0. The molecule has 7 nitrogen and oxygen atoms in total. The van der Waals surface area contributed by atoms with E-state index in [4.69, 9.17) is 9.47 Å². The summed E-state index contributed by atoms with van der Waals surface area (Å²) in [5, 5.41) is 1.53. The average Bonchev–Trinajstić information content (AvgIpc) is 3.53. The summed E-state index contributed by atoms with van der Waals surface area (Å²) in [4.78, 5) is 7.90. The van der Waals surface area contributed by atoms with Crippen molar-refractivity contribution in [2.24, 2.45) is 0 Å². The Balaban J connectivity index is 1.53. The Morgan fingerprint density at radius 3 is 2.47 bits per heavy atom. The van der Waals surface area contributed by atoms with Crippen LogP contribution in [0.5, 0.6) is 11.5 Å². The predicted molar refractivity (Wildman–Crippen MR) is 148 cm³/mol. The van der Waals surface area contributed by atoms with Gasteiger partial charge in [-0.25, -0.2) is 17.4 Å². The van der Waals surface area contributed by atoms with Gasteiger partial charge in [0.05, 0.1) is 23.2 Å². The van der Waals surface area contributed by atoms with Crippen LogP contribution in [0.4, 0.5) is 0 Å². The van der Waals surface area contributed by atoms with E-state index in [0.717, 1.165) is 27.4 Å². The van der Waals surface area contributed by atoms with E-state index in [1.165, 1.54) is 3.97 Å². The number of ether oxygens (including phenoxy) is 2. The minimum atomic E-state index is -3.95. The van der Waals surface area contributed by atoms with Gasteiger partial charge in [-0.1, -0.05) is 48.0 Å². The smallest absolute Gasteiger partial charge is 0.269 e. The number of aryl methyl sites for hydroxylation is 1. The molecule has 0 bridgehead atoms. The van der Waals surface area contributed by atoms with Crippen LogP contribution in [0, 0.1) is 6.92 Å². The van der Waals surface area contributed by atoms with Gasteiger partial charge in [-0.05, 0) is 48.9 Å². The zero-order valence-corrected chi connectivity index (χ0v) is 21.7. The number of rotatable bonds is 7. The van der Waals surface area contributed by atoms with Crippen LogP contribution in [0.1, 0.15) is 11.1 Å². The van der Waals surface area contributed by atoms with Crippen LogP contribution >= 0.6 is 0 Å². The third kappa shape index (κ3) is 4.09. The Bertz CT molecular complexity index is 1870. The van der Waals surface area contributed by atoms with Gasteiger partial charge in [0.25, 0.3) is 10.0 Å². The Morgan fingerprint density at radius 1 is 0.921 bits per heavy atom. The summed E-state index contributed by atoms with van der Waals surface area (Å²) in [5.74, 6) is 1.14. The second-order valence-electron chi connectivity index (χ2n) is 9.05. The third-order valence-corrected chi connectivity index (χ3v) is 8.28. The normalized spacial score (nSPS) is 11.7. The van der Waals surface area contributed by atoms with Crippen molar-refractivity contribution in [3.05, 3.63) is 108 Å². The topological polar surface area (TPSA) is 86.2 Å². The van der Waals surface area contributed by atoms with Gasteiger partial charge >= 0.3 is 0 Å². The van der Waals surface area contributed by atoms with Gasteiger partial charge in [0.1, 0.15) is 6.61 Å². The van der Waals surface area contributed by atoms with Gasteiger partial charge in [0, 0.05) is 34.8 Å². The number of H-pyrrole nitrogens is 1. The molecule has 0 fully saturated rings. The number of methoxy groups -OCH3 is 1.